The van der Waals surface area contributed by atoms with E-state index in [4.69, 9.17) is 11.6 Å². The Morgan fingerprint density at radius 3 is 2.17 bits per heavy atom. The van der Waals surface area contributed by atoms with Crippen molar-refractivity contribution >= 4 is 33.0 Å². The fourth-order valence-electron chi connectivity index (χ4n) is 1.91. The molecule has 0 aliphatic carbocycles. The van der Waals surface area contributed by atoms with Crippen molar-refractivity contribution in [3.8, 4) is 0 Å². The molecule has 0 saturated heterocycles. The van der Waals surface area contributed by atoms with E-state index < -0.39 is 33.1 Å². The SMILES string of the molecule is O=C(CS(=O)(=O)Cc1ccc(Cl)cc1)Nc1cc(F)cc(F)c1. The zero-order valence-electron chi connectivity index (χ0n) is 11.7. The minimum absolute atomic E-state index is 0.144. The first-order valence-electron chi connectivity index (χ1n) is 6.44. The van der Waals surface area contributed by atoms with Gasteiger partial charge < -0.3 is 5.32 Å². The highest BCUT2D eigenvalue weighted by Gasteiger charge is 2.18. The molecule has 0 aliphatic heterocycles. The molecule has 0 radical (unpaired) electrons. The van der Waals surface area contributed by atoms with E-state index in [-0.39, 0.29) is 11.4 Å². The van der Waals surface area contributed by atoms with Gasteiger partial charge in [0.25, 0.3) is 0 Å². The van der Waals surface area contributed by atoms with Gasteiger partial charge in [0.05, 0.1) is 5.75 Å². The number of amides is 1. The number of carbonyl (C=O) groups excluding carboxylic acids is 1. The van der Waals surface area contributed by atoms with E-state index >= 15 is 0 Å². The molecular formula is C15H12ClF2NO3S. The molecule has 0 unspecified atom stereocenters. The van der Waals surface area contributed by atoms with E-state index in [1.807, 2.05) is 0 Å². The van der Waals surface area contributed by atoms with Gasteiger partial charge in [0.1, 0.15) is 17.4 Å². The third kappa shape index (κ3) is 5.61. The van der Waals surface area contributed by atoms with Gasteiger partial charge in [0.2, 0.25) is 5.91 Å². The van der Waals surface area contributed by atoms with Crippen LogP contribution in [0.4, 0.5) is 14.5 Å². The molecule has 0 fully saturated rings. The van der Waals surface area contributed by atoms with Crippen LogP contribution in [-0.4, -0.2) is 20.1 Å². The molecule has 0 spiro atoms. The number of hydrogen-bond acceptors (Lipinski definition) is 3. The molecular weight excluding hydrogens is 348 g/mol. The summed E-state index contributed by atoms with van der Waals surface area (Å²) < 4.78 is 50.0. The highest BCUT2D eigenvalue weighted by atomic mass is 35.5. The first-order valence-corrected chi connectivity index (χ1v) is 8.64. The van der Waals surface area contributed by atoms with E-state index in [0.717, 1.165) is 12.1 Å². The predicted molar refractivity (Wildman–Crippen MR) is 83.9 cm³/mol. The lowest BCUT2D eigenvalue weighted by atomic mass is 10.2. The number of sulfone groups is 1. The second-order valence-corrected chi connectivity index (χ2v) is 7.37. The van der Waals surface area contributed by atoms with Crippen LogP contribution in [0.3, 0.4) is 0 Å². The smallest absolute Gasteiger partial charge is 0.239 e. The van der Waals surface area contributed by atoms with Crippen molar-refractivity contribution in [2.24, 2.45) is 0 Å². The standard InChI is InChI=1S/C15H12ClF2NO3S/c16-11-3-1-10(2-4-11)8-23(21,22)9-15(20)19-14-6-12(17)5-13(18)7-14/h1-7H,8-9H2,(H,19,20). The Bertz CT molecular complexity index is 803. The summed E-state index contributed by atoms with van der Waals surface area (Å²) in [5, 5.41) is 2.62. The third-order valence-corrected chi connectivity index (χ3v) is 4.52. The molecule has 0 heterocycles. The maximum atomic E-state index is 13.0. The molecule has 0 atom stereocenters. The lowest BCUT2D eigenvalue weighted by Gasteiger charge is -2.07. The quantitative estimate of drug-likeness (QED) is 0.891. The summed E-state index contributed by atoms with van der Waals surface area (Å²) >= 11 is 5.71. The summed E-state index contributed by atoms with van der Waals surface area (Å²) in [7, 11) is -3.73. The van der Waals surface area contributed by atoms with Crippen molar-refractivity contribution in [2.45, 2.75) is 5.75 Å². The van der Waals surface area contributed by atoms with Crippen LogP contribution in [0.5, 0.6) is 0 Å². The van der Waals surface area contributed by atoms with Gasteiger partial charge in [-0.2, -0.15) is 0 Å². The molecule has 8 heteroatoms. The second kappa shape index (κ2) is 7.06. The molecule has 1 amide bonds. The van der Waals surface area contributed by atoms with Crippen LogP contribution in [0.2, 0.25) is 5.02 Å². The first kappa shape index (κ1) is 17.4. The molecule has 2 aromatic carbocycles. The zero-order valence-corrected chi connectivity index (χ0v) is 13.3. The van der Waals surface area contributed by atoms with Crippen LogP contribution in [0.1, 0.15) is 5.56 Å². The summed E-state index contributed by atoms with van der Waals surface area (Å²) in [6, 6.07) is 8.61. The maximum Gasteiger partial charge on any atom is 0.239 e. The topological polar surface area (TPSA) is 63.2 Å². The van der Waals surface area contributed by atoms with Crippen molar-refractivity contribution in [1.29, 1.82) is 0 Å². The molecule has 2 aromatic rings. The van der Waals surface area contributed by atoms with E-state index in [0.29, 0.717) is 16.7 Å². The number of nitrogens with one attached hydrogen (secondary N) is 1. The van der Waals surface area contributed by atoms with Crippen molar-refractivity contribution in [2.75, 3.05) is 11.1 Å². The largest absolute Gasteiger partial charge is 0.325 e. The highest BCUT2D eigenvalue weighted by molar-refractivity contribution is 7.91. The molecule has 2 rings (SSSR count). The minimum atomic E-state index is -3.73. The second-order valence-electron chi connectivity index (χ2n) is 4.87. The summed E-state index contributed by atoms with van der Waals surface area (Å²) in [5.41, 5.74) is 0.341. The molecule has 0 saturated carbocycles. The lowest BCUT2D eigenvalue weighted by Crippen LogP contribution is -2.24. The van der Waals surface area contributed by atoms with Gasteiger partial charge >= 0.3 is 0 Å². The Labute approximate surface area is 137 Å². The molecule has 122 valence electrons. The number of carbonyl (C=O) groups is 1. The fraction of sp³-hybridized carbons (Fsp3) is 0.133. The molecule has 0 aliphatic rings. The van der Waals surface area contributed by atoms with E-state index in [1.165, 1.54) is 0 Å². The lowest BCUT2D eigenvalue weighted by molar-refractivity contribution is -0.113. The van der Waals surface area contributed by atoms with Crippen LogP contribution in [-0.2, 0) is 20.4 Å². The number of halogens is 3. The molecule has 0 bridgehead atoms. The van der Waals surface area contributed by atoms with Crippen molar-refractivity contribution < 1.29 is 22.0 Å². The maximum absolute atomic E-state index is 13.0. The number of rotatable bonds is 5. The normalized spacial score (nSPS) is 11.3. The summed E-state index contributed by atoms with van der Waals surface area (Å²) in [5.74, 6) is -3.75. The Hall–Kier alpha value is -1.99. The van der Waals surface area contributed by atoms with Gasteiger partial charge in [-0.3, -0.25) is 4.79 Å². The highest BCUT2D eigenvalue weighted by Crippen LogP contribution is 2.15. The Morgan fingerprint density at radius 2 is 1.61 bits per heavy atom. The third-order valence-electron chi connectivity index (χ3n) is 2.80. The number of anilines is 1. The zero-order chi connectivity index (χ0) is 17.0. The monoisotopic (exact) mass is 359 g/mol. The molecule has 23 heavy (non-hydrogen) atoms. The average Bonchev–Trinajstić information content (AvgIpc) is 2.39. The van der Waals surface area contributed by atoms with E-state index in [1.54, 1.807) is 24.3 Å². The number of benzene rings is 2. The van der Waals surface area contributed by atoms with Crippen molar-refractivity contribution in [3.05, 3.63) is 64.7 Å². The summed E-state index contributed by atoms with van der Waals surface area (Å²) in [4.78, 5) is 11.7. The predicted octanol–water partition coefficient (Wildman–Crippen LogP) is 3.17. The van der Waals surface area contributed by atoms with Crippen LogP contribution in [0.25, 0.3) is 0 Å². The van der Waals surface area contributed by atoms with Crippen LogP contribution in [0.15, 0.2) is 42.5 Å². The molecule has 4 nitrogen and oxygen atoms in total. The molecule has 1 N–H and O–H groups in total. The van der Waals surface area contributed by atoms with Crippen molar-refractivity contribution in [1.82, 2.24) is 0 Å². The van der Waals surface area contributed by atoms with Gasteiger partial charge in [-0.05, 0) is 29.8 Å². The van der Waals surface area contributed by atoms with Gasteiger partial charge in [-0.25, -0.2) is 17.2 Å². The van der Waals surface area contributed by atoms with E-state index in [9.17, 15) is 22.0 Å². The van der Waals surface area contributed by atoms with Gasteiger partial charge in [0.15, 0.2) is 9.84 Å². The summed E-state index contributed by atoms with van der Waals surface area (Å²) in [6.45, 7) is 0. The Kier molecular flexibility index (Phi) is 5.33. The van der Waals surface area contributed by atoms with E-state index in [2.05, 4.69) is 5.32 Å². The van der Waals surface area contributed by atoms with Gasteiger partial charge in [0, 0.05) is 16.8 Å². The van der Waals surface area contributed by atoms with Crippen LogP contribution < -0.4 is 5.32 Å². The van der Waals surface area contributed by atoms with Gasteiger partial charge in [-0.1, -0.05) is 23.7 Å². The fourth-order valence-corrected chi connectivity index (χ4v) is 3.31. The Morgan fingerprint density at radius 1 is 1.04 bits per heavy atom. The first-order chi connectivity index (χ1) is 10.7. The van der Waals surface area contributed by atoms with Crippen LogP contribution >= 0.6 is 11.6 Å². The van der Waals surface area contributed by atoms with Crippen molar-refractivity contribution in [3.63, 3.8) is 0 Å². The molecule has 0 aromatic heterocycles. The van der Waals surface area contributed by atoms with Gasteiger partial charge in [-0.15, -0.1) is 0 Å². The average molecular weight is 360 g/mol. The summed E-state index contributed by atoms with van der Waals surface area (Å²) in [6.07, 6.45) is 0. The van der Waals surface area contributed by atoms with Crippen LogP contribution in [0, 0.1) is 11.6 Å². The minimum Gasteiger partial charge on any atom is -0.325 e. The Balaban J connectivity index is 2.01. The number of hydrogen-bond donors (Lipinski definition) is 1.